The summed E-state index contributed by atoms with van der Waals surface area (Å²) in [5.74, 6) is -0.126. The van der Waals surface area contributed by atoms with E-state index in [4.69, 9.17) is 9.47 Å². The Bertz CT molecular complexity index is 1130. The predicted molar refractivity (Wildman–Crippen MR) is 115 cm³/mol. The second-order valence-corrected chi connectivity index (χ2v) is 8.38. The topological polar surface area (TPSA) is 51.5 Å². The van der Waals surface area contributed by atoms with Crippen LogP contribution in [0.3, 0.4) is 0 Å². The average Bonchev–Trinajstić information content (AvgIpc) is 3.12. The van der Waals surface area contributed by atoms with Crippen LogP contribution in [-0.2, 0) is 18.0 Å². The predicted octanol–water partition coefficient (Wildman–Crippen LogP) is 4.23. The van der Waals surface area contributed by atoms with Gasteiger partial charge in [-0.15, -0.1) is 0 Å². The van der Waals surface area contributed by atoms with E-state index in [9.17, 15) is 13.2 Å². The van der Waals surface area contributed by atoms with Crippen molar-refractivity contribution in [2.24, 2.45) is 7.05 Å². The second kappa shape index (κ2) is 7.97. The maximum absolute atomic E-state index is 13.5. The number of alkyl halides is 3. The average molecular weight is 446 g/mol. The molecule has 1 saturated heterocycles. The van der Waals surface area contributed by atoms with Gasteiger partial charge in [0.1, 0.15) is 17.9 Å². The molecule has 1 aromatic heterocycles. The molecule has 5 rings (SSSR count). The number of hydrogen-bond donors (Lipinski definition) is 1. The number of hydrogen-bond acceptors (Lipinski definition) is 5. The lowest BCUT2D eigenvalue weighted by molar-refractivity contribution is -0.146. The van der Waals surface area contributed by atoms with Crippen LogP contribution >= 0.6 is 0 Å². The first-order valence-corrected chi connectivity index (χ1v) is 10.7. The summed E-state index contributed by atoms with van der Waals surface area (Å²) >= 11 is 0. The SMILES string of the molecule is C[C@@H]1CN(C2COc3ccccc3[C@@H]2Nc2cccc3c2nc(C(F)(F)F)n3C)CCO1. The zero-order valence-electron chi connectivity index (χ0n) is 17.9. The van der Waals surface area contributed by atoms with E-state index in [2.05, 4.69) is 15.2 Å². The van der Waals surface area contributed by atoms with Crippen LogP contribution in [0.2, 0.25) is 0 Å². The van der Waals surface area contributed by atoms with Crippen LogP contribution in [0.25, 0.3) is 11.0 Å². The van der Waals surface area contributed by atoms with Crippen molar-refractivity contribution in [2.45, 2.75) is 31.3 Å². The van der Waals surface area contributed by atoms with Gasteiger partial charge in [0, 0.05) is 25.7 Å². The van der Waals surface area contributed by atoms with Gasteiger partial charge < -0.3 is 19.4 Å². The maximum atomic E-state index is 13.5. The third-order valence-corrected chi connectivity index (χ3v) is 6.27. The van der Waals surface area contributed by atoms with E-state index < -0.39 is 12.0 Å². The van der Waals surface area contributed by atoms with Crippen molar-refractivity contribution in [1.29, 1.82) is 0 Å². The molecule has 3 atom stereocenters. The molecule has 9 heteroatoms. The Balaban J connectivity index is 1.56. The van der Waals surface area contributed by atoms with Gasteiger partial charge in [-0.1, -0.05) is 24.3 Å². The molecular formula is C23H25F3N4O2. The number of aryl methyl sites for hydroxylation is 1. The van der Waals surface area contributed by atoms with Gasteiger partial charge in [-0.3, -0.25) is 4.90 Å². The number of benzene rings is 2. The number of anilines is 1. The zero-order valence-corrected chi connectivity index (χ0v) is 17.9. The lowest BCUT2D eigenvalue weighted by Crippen LogP contribution is -2.54. The smallest absolute Gasteiger partial charge is 0.449 e. The van der Waals surface area contributed by atoms with Gasteiger partial charge in [0.25, 0.3) is 0 Å². The van der Waals surface area contributed by atoms with E-state index in [0.29, 0.717) is 29.9 Å². The van der Waals surface area contributed by atoms with Crippen LogP contribution in [0.4, 0.5) is 18.9 Å². The van der Waals surface area contributed by atoms with Gasteiger partial charge >= 0.3 is 6.18 Å². The molecule has 0 radical (unpaired) electrons. The standard InChI is InChI=1S/C23H25F3N4O2/c1-14-12-30(10-11-31-14)18-13-32-19-9-4-3-6-15(19)20(18)27-16-7-5-8-17-21(16)28-22(29(17)2)23(24,25)26/h3-9,14,18,20,27H,10-13H2,1-2H3/t14-,18?,20+/m1/s1. The molecule has 2 aromatic carbocycles. The molecule has 0 saturated carbocycles. The van der Waals surface area contributed by atoms with E-state index in [1.54, 1.807) is 18.2 Å². The van der Waals surface area contributed by atoms with Gasteiger partial charge in [-0.05, 0) is 25.1 Å². The van der Waals surface area contributed by atoms with Crippen molar-refractivity contribution in [3.8, 4) is 5.75 Å². The van der Waals surface area contributed by atoms with Gasteiger partial charge in [-0.25, -0.2) is 4.98 Å². The largest absolute Gasteiger partial charge is 0.491 e. The number of imidazole rings is 1. The highest BCUT2D eigenvalue weighted by Crippen LogP contribution is 2.39. The minimum Gasteiger partial charge on any atom is -0.491 e. The summed E-state index contributed by atoms with van der Waals surface area (Å²) in [4.78, 5) is 6.30. The van der Waals surface area contributed by atoms with E-state index >= 15 is 0 Å². The Morgan fingerprint density at radius 3 is 2.72 bits per heavy atom. The van der Waals surface area contributed by atoms with Gasteiger partial charge in [-0.2, -0.15) is 13.2 Å². The highest BCUT2D eigenvalue weighted by molar-refractivity contribution is 5.89. The normalized spacial score (nSPS) is 24.2. The molecule has 2 aliphatic heterocycles. The molecule has 2 aliphatic rings. The highest BCUT2D eigenvalue weighted by Gasteiger charge is 2.39. The maximum Gasteiger partial charge on any atom is 0.449 e. The van der Waals surface area contributed by atoms with E-state index in [-0.39, 0.29) is 18.2 Å². The Kier molecular flexibility index (Phi) is 5.25. The number of halogens is 3. The lowest BCUT2D eigenvalue weighted by atomic mass is 9.94. The van der Waals surface area contributed by atoms with Gasteiger partial charge in [0.2, 0.25) is 5.82 Å². The minimum atomic E-state index is -4.53. The summed E-state index contributed by atoms with van der Waals surface area (Å²) in [5.41, 5.74) is 2.29. The first-order valence-electron chi connectivity index (χ1n) is 10.7. The van der Waals surface area contributed by atoms with Crippen LogP contribution in [0, 0.1) is 0 Å². The van der Waals surface area contributed by atoms with Crippen molar-refractivity contribution >= 4 is 16.7 Å². The molecule has 32 heavy (non-hydrogen) atoms. The summed E-state index contributed by atoms with van der Waals surface area (Å²) < 4.78 is 53.3. The van der Waals surface area contributed by atoms with E-state index in [1.807, 2.05) is 31.2 Å². The summed E-state index contributed by atoms with van der Waals surface area (Å²) in [6.45, 7) is 4.69. The quantitative estimate of drug-likeness (QED) is 0.653. The lowest BCUT2D eigenvalue weighted by Gasteiger charge is -2.44. The van der Waals surface area contributed by atoms with Crippen LogP contribution in [0.1, 0.15) is 24.4 Å². The summed E-state index contributed by atoms with van der Waals surface area (Å²) in [6, 6.07) is 12.8. The number of ether oxygens (including phenoxy) is 2. The molecular weight excluding hydrogens is 421 g/mol. The number of rotatable bonds is 3. The van der Waals surface area contributed by atoms with E-state index in [1.165, 1.54) is 7.05 Å². The van der Waals surface area contributed by atoms with Gasteiger partial charge in [0.05, 0.1) is 36.0 Å². The zero-order chi connectivity index (χ0) is 22.5. The van der Waals surface area contributed by atoms with Crippen molar-refractivity contribution in [1.82, 2.24) is 14.5 Å². The molecule has 1 N–H and O–H groups in total. The summed E-state index contributed by atoms with van der Waals surface area (Å²) in [5, 5.41) is 3.53. The number of para-hydroxylation sites is 2. The Hall–Kier alpha value is -2.78. The fraction of sp³-hybridized carbons (Fsp3) is 0.435. The van der Waals surface area contributed by atoms with Crippen molar-refractivity contribution < 1.29 is 22.6 Å². The van der Waals surface area contributed by atoms with E-state index in [0.717, 1.165) is 29.0 Å². The molecule has 3 heterocycles. The monoisotopic (exact) mass is 446 g/mol. The molecule has 0 spiro atoms. The third kappa shape index (κ3) is 3.69. The Morgan fingerprint density at radius 2 is 1.94 bits per heavy atom. The van der Waals surface area contributed by atoms with Crippen molar-refractivity contribution in [3.63, 3.8) is 0 Å². The first-order chi connectivity index (χ1) is 15.3. The molecule has 1 fully saturated rings. The Labute approximate surface area is 183 Å². The summed E-state index contributed by atoms with van der Waals surface area (Å²) in [7, 11) is 1.39. The molecule has 170 valence electrons. The van der Waals surface area contributed by atoms with Crippen LogP contribution in [-0.4, -0.2) is 52.9 Å². The molecule has 0 amide bonds. The summed E-state index contributed by atoms with van der Waals surface area (Å²) in [6.07, 6.45) is -4.42. The third-order valence-electron chi connectivity index (χ3n) is 6.27. The second-order valence-electron chi connectivity index (χ2n) is 8.38. The minimum absolute atomic E-state index is 0.00250. The number of nitrogens with one attached hydrogen (secondary N) is 1. The molecule has 3 aromatic rings. The van der Waals surface area contributed by atoms with Crippen LogP contribution in [0.15, 0.2) is 42.5 Å². The van der Waals surface area contributed by atoms with Crippen LogP contribution in [0.5, 0.6) is 5.75 Å². The molecule has 0 aliphatic carbocycles. The number of aromatic nitrogens is 2. The van der Waals surface area contributed by atoms with Crippen LogP contribution < -0.4 is 10.1 Å². The fourth-order valence-electron chi connectivity index (χ4n) is 4.74. The Morgan fingerprint density at radius 1 is 1.12 bits per heavy atom. The fourth-order valence-corrected chi connectivity index (χ4v) is 4.74. The number of morpholine rings is 1. The highest BCUT2D eigenvalue weighted by atomic mass is 19.4. The first kappa shape index (κ1) is 21.1. The number of nitrogens with zero attached hydrogens (tertiary/aromatic N) is 3. The molecule has 0 bridgehead atoms. The van der Waals surface area contributed by atoms with Crippen molar-refractivity contribution in [3.05, 3.63) is 53.9 Å². The molecule has 1 unspecified atom stereocenters. The van der Waals surface area contributed by atoms with Crippen molar-refractivity contribution in [2.75, 3.05) is 31.6 Å². The van der Waals surface area contributed by atoms with Gasteiger partial charge in [0.15, 0.2) is 0 Å². The molecule has 6 nitrogen and oxygen atoms in total. The number of fused-ring (bicyclic) bond motifs is 2.